The number of oxazole rings is 1. The van der Waals surface area contributed by atoms with Gasteiger partial charge >= 0.3 is 0 Å². The van der Waals surface area contributed by atoms with Crippen molar-refractivity contribution in [1.29, 1.82) is 5.26 Å². The number of benzene rings is 1. The Hall–Kier alpha value is -2.87. The number of aromatic nitrogens is 2. The Kier molecular flexibility index (Phi) is 2.21. The van der Waals surface area contributed by atoms with E-state index >= 15 is 0 Å². The number of hydrogen-bond donors (Lipinski definition) is 1. The number of nitrogen functional groups attached to an aromatic ring is 1. The van der Waals surface area contributed by atoms with Gasteiger partial charge in [0, 0.05) is 6.20 Å². The summed E-state index contributed by atoms with van der Waals surface area (Å²) in [6.45, 7) is 0. The molecule has 5 nitrogen and oxygen atoms in total. The zero-order chi connectivity index (χ0) is 12.5. The van der Waals surface area contributed by atoms with Crippen molar-refractivity contribution in [3.8, 4) is 17.5 Å². The number of rotatable bonds is 1. The summed E-state index contributed by atoms with van der Waals surface area (Å²) in [4.78, 5) is 8.30. The fourth-order valence-electron chi connectivity index (χ4n) is 1.75. The number of pyridine rings is 1. The average molecular weight is 236 g/mol. The van der Waals surface area contributed by atoms with E-state index in [1.54, 1.807) is 36.5 Å². The van der Waals surface area contributed by atoms with Gasteiger partial charge in [-0.2, -0.15) is 5.26 Å². The van der Waals surface area contributed by atoms with Crippen LogP contribution in [0.2, 0.25) is 0 Å². The van der Waals surface area contributed by atoms with E-state index < -0.39 is 0 Å². The smallest absolute Gasteiger partial charge is 0.231 e. The Balaban J connectivity index is 2.27. The molecule has 0 aliphatic heterocycles. The molecule has 0 spiro atoms. The van der Waals surface area contributed by atoms with E-state index in [2.05, 4.69) is 16.0 Å². The van der Waals surface area contributed by atoms with Gasteiger partial charge in [-0.3, -0.25) is 0 Å². The molecule has 5 heteroatoms. The monoisotopic (exact) mass is 236 g/mol. The van der Waals surface area contributed by atoms with Crippen LogP contribution in [0.15, 0.2) is 40.9 Å². The van der Waals surface area contributed by atoms with E-state index in [1.807, 2.05) is 0 Å². The lowest BCUT2D eigenvalue weighted by atomic mass is 10.2. The van der Waals surface area contributed by atoms with Gasteiger partial charge < -0.3 is 10.2 Å². The largest absolute Gasteiger partial charge is 0.435 e. The molecule has 0 bridgehead atoms. The van der Waals surface area contributed by atoms with Crippen LogP contribution in [0, 0.1) is 11.3 Å². The summed E-state index contributed by atoms with van der Waals surface area (Å²) in [5.41, 5.74) is 7.95. The lowest BCUT2D eigenvalue weighted by Gasteiger charge is -1.97. The Morgan fingerprint density at radius 2 is 2.11 bits per heavy atom. The van der Waals surface area contributed by atoms with Gasteiger partial charge in [-0.25, -0.2) is 9.97 Å². The van der Waals surface area contributed by atoms with Gasteiger partial charge in [0.2, 0.25) is 5.89 Å². The summed E-state index contributed by atoms with van der Waals surface area (Å²) >= 11 is 0. The van der Waals surface area contributed by atoms with Crippen molar-refractivity contribution < 1.29 is 4.42 Å². The SMILES string of the molecule is N#Cc1cccc2nc(-c3cccnc3N)oc12. The maximum Gasteiger partial charge on any atom is 0.231 e. The zero-order valence-corrected chi connectivity index (χ0v) is 9.29. The molecule has 18 heavy (non-hydrogen) atoms. The Labute approximate surface area is 103 Å². The summed E-state index contributed by atoms with van der Waals surface area (Å²) < 4.78 is 5.60. The number of anilines is 1. The van der Waals surface area contributed by atoms with Crippen molar-refractivity contribution in [2.24, 2.45) is 0 Å². The molecule has 2 N–H and O–H groups in total. The summed E-state index contributed by atoms with van der Waals surface area (Å²) in [5, 5.41) is 9.00. The van der Waals surface area contributed by atoms with Crippen LogP contribution in [-0.4, -0.2) is 9.97 Å². The molecule has 3 rings (SSSR count). The predicted octanol–water partition coefficient (Wildman–Crippen LogP) is 2.34. The third-order valence-electron chi connectivity index (χ3n) is 2.60. The molecule has 0 atom stereocenters. The number of nitrogens with two attached hydrogens (primary N) is 1. The molecule has 0 radical (unpaired) electrons. The summed E-state index contributed by atoms with van der Waals surface area (Å²) in [6.07, 6.45) is 1.60. The van der Waals surface area contributed by atoms with Gasteiger partial charge in [-0.1, -0.05) is 6.07 Å². The van der Waals surface area contributed by atoms with Crippen molar-refractivity contribution in [3.63, 3.8) is 0 Å². The Bertz CT molecular complexity index is 770. The molecule has 0 amide bonds. The third-order valence-corrected chi connectivity index (χ3v) is 2.60. The van der Waals surface area contributed by atoms with Crippen LogP contribution >= 0.6 is 0 Å². The molecule has 0 saturated carbocycles. The molecule has 2 heterocycles. The standard InChI is InChI=1S/C13H8N4O/c14-7-8-3-1-5-10-11(8)18-13(17-10)9-4-2-6-16-12(9)15/h1-6H,(H2,15,16). The number of nitriles is 1. The van der Waals surface area contributed by atoms with E-state index in [9.17, 15) is 0 Å². The minimum Gasteiger partial charge on any atom is -0.435 e. The highest BCUT2D eigenvalue weighted by molar-refractivity contribution is 5.82. The van der Waals surface area contributed by atoms with Gasteiger partial charge in [0.15, 0.2) is 5.58 Å². The lowest BCUT2D eigenvalue weighted by molar-refractivity contribution is 0.619. The summed E-state index contributed by atoms with van der Waals surface area (Å²) in [5.74, 6) is 0.723. The van der Waals surface area contributed by atoms with Crippen molar-refractivity contribution in [2.45, 2.75) is 0 Å². The highest BCUT2D eigenvalue weighted by Gasteiger charge is 2.13. The molecular weight excluding hydrogens is 228 g/mol. The number of hydrogen-bond acceptors (Lipinski definition) is 5. The quantitative estimate of drug-likeness (QED) is 0.700. The fraction of sp³-hybridized carbons (Fsp3) is 0. The number of fused-ring (bicyclic) bond motifs is 1. The lowest BCUT2D eigenvalue weighted by Crippen LogP contribution is -1.92. The first-order chi connectivity index (χ1) is 8.79. The first-order valence-electron chi connectivity index (χ1n) is 5.30. The maximum atomic E-state index is 9.00. The van der Waals surface area contributed by atoms with Crippen molar-refractivity contribution >= 4 is 16.9 Å². The normalized spacial score (nSPS) is 10.4. The first kappa shape index (κ1) is 10.3. The molecule has 0 aliphatic carbocycles. The fourth-order valence-corrected chi connectivity index (χ4v) is 1.75. The van der Waals surface area contributed by atoms with Gasteiger partial charge in [-0.05, 0) is 24.3 Å². The zero-order valence-electron chi connectivity index (χ0n) is 9.29. The number of para-hydroxylation sites is 1. The minimum atomic E-state index is 0.350. The van der Waals surface area contributed by atoms with Crippen LogP contribution in [-0.2, 0) is 0 Å². The van der Waals surface area contributed by atoms with Gasteiger partial charge in [0.1, 0.15) is 17.4 Å². The van der Waals surface area contributed by atoms with E-state index in [1.165, 1.54) is 0 Å². The number of nitrogens with zero attached hydrogens (tertiary/aromatic N) is 3. The van der Waals surface area contributed by atoms with E-state index in [4.69, 9.17) is 15.4 Å². The molecule has 86 valence electrons. The molecule has 0 fully saturated rings. The molecule has 1 aromatic carbocycles. The topological polar surface area (TPSA) is 88.7 Å². The highest BCUT2D eigenvalue weighted by Crippen LogP contribution is 2.28. The van der Waals surface area contributed by atoms with Crippen molar-refractivity contribution in [1.82, 2.24) is 9.97 Å². The van der Waals surface area contributed by atoms with Gasteiger partial charge in [0.05, 0.1) is 11.1 Å². The third kappa shape index (κ3) is 1.48. The average Bonchev–Trinajstić information content (AvgIpc) is 2.82. The second-order valence-corrected chi connectivity index (χ2v) is 3.72. The van der Waals surface area contributed by atoms with E-state index in [-0.39, 0.29) is 0 Å². The molecule has 0 aliphatic rings. The van der Waals surface area contributed by atoms with Gasteiger partial charge in [-0.15, -0.1) is 0 Å². The van der Waals surface area contributed by atoms with Crippen LogP contribution < -0.4 is 5.73 Å². The molecule has 2 aromatic heterocycles. The highest BCUT2D eigenvalue weighted by atomic mass is 16.3. The van der Waals surface area contributed by atoms with E-state index in [0.717, 1.165) is 0 Å². The summed E-state index contributed by atoms with van der Waals surface area (Å²) in [7, 11) is 0. The van der Waals surface area contributed by atoms with Crippen LogP contribution in [0.4, 0.5) is 5.82 Å². The minimum absolute atomic E-state index is 0.350. The van der Waals surface area contributed by atoms with Crippen LogP contribution in [0.5, 0.6) is 0 Å². The van der Waals surface area contributed by atoms with E-state index in [0.29, 0.717) is 33.9 Å². The van der Waals surface area contributed by atoms with Gasteiger partial charge in [0.25, 0.3) is 0 Å². The summed E-state index contributed by atoms with van der Waals surface area (Å²) in [6, 6.07) is 10.8. The second-order valence-electron chi connectivity index (χ2n) is 3.72. The molecule has 0 saturated heterocycles. The van der Waals surface area contributed by atoms with Crippen molar-refractivity contribution in [3.05, 3.63) is 42.1 Å². The molecule has 3 aromatic rings. The molecular formula is C13H8N4O. The Morgan fingerprint density at radius 1 is 1.22 bits per heavy atom. The molecule has 0 unspecified atom stereocenters. The van der Waals surface area contributed by atoms with Crippen LogP contribution in [0.1, 0.15) is 5.56 Å². The van der Waals surface area contributed by atoms with Crippen LogP contribution in [0.25, 0.3) is 22.6 Å². The predicted molar refractivity (Wildman–Crippen MR) is 66.4 cm³/mol. The maximum absolute atomic E-state index is 9.00. The second kappa shape index (κ2) is 3.86. The van der Waals surface area contributed by atoms with Crippen molar-refractivity contribution in [2.75, 3.05) is 5.73 Å². The first-order valence-corrected chi connectivity index (χ1v) is 5.30. The Morgan fingerprint density at radius 3 is 2.89 bits per heavy atom. The van der Waals surface area contributed by atoms with Crippen LogP contribution in [0.3, 0.4) is 0 Å².